The Labute approximate surface area is 193 Å². The van der Waals surface area contributed by atoms with Crippen LogP contribution >= 0.6 is 11.8 Å². The van der Waals surface area contributed by atoms with Gasteiger partial charge in [0, 0.05) is 42.0 Å². The number of carbonyl (C=O) groups excluding carboxylic acids is 2. The highest BCUT2D eigenvalue weighted by Gasteiger charge is 2.40. The third kappa shape index (κ3) is 4.82. The molecule has 2 aromatic rings. The van der Waals surface area contributed by atoms with Gasteiger partial charge in [0.25, 0.3) is 5.91 Å². The largest absolute Gasteiger partial charge is 0.349 e. The van der Waals surface area contributed by atoms with Crippen molar-refractivity contribution in [2.45, 2.75) is 38.5 Å². The molecule has 0 bridgehead atoms. The third-order valence-electron chi connectivity index (χ3n) is 6.33. The maximum Gasteiger partial charge on any atom is 0.268 e. The Morgan fingerprint density at radius 3 is 2.47 bits per heavy atom. The molecule has 3 atom stereocenters. The van der Waals surface area contributed by atoms with Crippen molar-refractivity contribution in [2.75, 3.05) is 36.1 Å². The number of hydrogen-bond acceptors (Lipinski definition) is 6. The lowest BCUT2D eigenvalue weighted by Crippen LogP contribution is -2.56. The van der Waals surface area contributed by atoms with Crippen LogP contribution < -0.4 is 10.6 Å². The number of nitrogens with one attached hydrogen (secondary N) is 2. The first-order valence-corrected chi connectivity index (χ1v) is 14.0. The predicted octanol–water partition coefficient (Wildman–Crippen LogP) is 1.11. The summed E-state index contributed by atoms with van der Waals surface area (Å²) in [5, 5.41) is 6.75. The molecule has 0 saturated carbocycles. The molecule has 2 saturated heterocycles. The Bertz CT molecular complexity index is 1110. The molecule has 2 amide bonds. The summed E-state index contributed by atoms with van der Waals surface area (Å²) in [5.74, 6) is 1.11. The number of nitrogens with zero attached hydrogens (tertiary/aromatic N) is 2. The van der Waals surface area contributed by atoms with Gasteiger partial charge in [0.15, 0.2) is 9.84 Å². The Kier molecular flexibility index (Phi) is 6.83. The van der Waals surface area contributed by atoms with E-state index in [0.29, 0.717) is 12.2 Å². The molecule has 0 aliphatic carbocycles. The van der Waals surface area contributed by atoms with E-state index in [1.54, 1.807) is 0 Å². The Morgan fingerprint density at radius 2 is 1.78 bits per heavy atom. The monoisotopic (exact) mass is 478 g/mol. The minimum Gasteiger partial charge on any atom is -0.349 e. The number of carbonyl (C=O) groups is 2. The molecular weight excluding hydrogens is 448 g/mol. The highest BCUT2D eigenvalue weighted by molar-refractivity contribution is 7.99. The molecule has 2 fully saturated rings. The van der Waals surface area contributed by atoms with Crippen LogP contribution in [0.1, 0.15) is 24.3 Å². The quantitative estimate of drug-likeness (QED) is 0.645. The van der Waals surface area contributed by atoms with E-state index >= 15 is 0 Å². The van der Waals surface area contributed by atoms with Crippen molar-refractivity contribution in [3.05, 3.63) is 36.0 Å². The van der Waals surface area contributed by atoms with Crippen LogP contribution in [-0.4, -0.2) is 83.9 Å². The standard InChI is InChI=1S/C22H30N4O4S2/c1-3-26-19-7-5-4-6-16(19)12-20(26)22(28)24-18-14-32(29,30)13-17(18)23-21(27)15(2)25-8-10-31-11-9-25/h4-7,12,15,17-18H,3,8-11,13-14H2,1-2H3,(H,23,27)(H,24,28). The zero-order valence-corrected chi connectivity index (χ0v) is 20.0. The number of rotatable bonds is 6. The van der Waals surface area contributed by atoms with E-state index in [0.717, 1.165) is 35.5 Å². The molecule has 0 radical (unpaired) electrons. The van der Waals surface area contributed by atoms with Crippen LogP contribution in [0.5, 0.6) is 0 Å². The lowest BCUT2D eigenvalue weighted by atomic mass is 10.1. The van der Waals surface area contributed by atoms with Crippen molar-refractivity contribution in [3.63, 3.8) is 0 Å². The molecule has 3 unspecified atom stereocenters. The number of aryl methyl sites for hydroxylation is 1. The molecule has 0 spiro atoms. The second kappa shape index (κ2) is 9.44. The minimum atomic E-state index is -3.36. The van der Waals surface area contributed by atoms with E-state index in [4.69, 9.17) is 0 Å². The van der Waals surface area contributed by atoms with Gasteiger partial charge in [0.05, 0.1) is 29.6 Å². The summed E-state index contributed by atoms with van der Waals surface area (Å²) in [5.41, 5.74) is 1.44. The van der Waals surface area contributed by atoms with Crippen molar-refractivity contribution < 1.29 is 18.0 Å². The van der Waals surface area contributed by atoms with Crippen molar-refractivity contribution in [1.29, 1.82) is 0 Å². The van der Waals surface area contributed by atoms with Crippen LogP contribution in [0.4, 0.5) is 0 Å². The number of hydrogen-bond donors (Lipinski definition) is 2. The molecule has 8 nitrogen and oxygen atoms in total. The molecule has 1 aromatic heterocycles. The van der Waals surface area contributed by atoms with E-state index in [-0.39, 0.29) is 29.4 Å². The van der Waals surface area contributed by atoms with E-state index in [2.05, 4.69) is 15.5 Å². The van der Waals surface area contributed by atoms with E-state index in [1.165, 1.54) is 0 Å². The molecule has 10 heteroatoms. The fraction of sp³-hybridized carbons (Fsp3) is 0.545. The van der Waals surface area contributed by atoms with Gasteiger partial charge in [-0.15, -0.1) is 0 Å². The fourth-order valence-electron chi connectivity index (χ4n) is 4.55. The number of sulfone groups is 1. The average Bonchev–Trinajstić information content (AvgIpc) is 3.29. The zero-order chi connectivity index (χ0) is 22.9. The summed E-state index contributed by atoms with van der Waals surface area (Å²) in [6.45, 7) is 6.10. The predicted molar refractivity (Wildman–Crippen MR) is 128 cm³/mol. The first-order chi connectivity index (χ1) is 15.3. The highest BCUT2D eigenvalue weighted by atomic mass is 32.2. The number of fused-ring (bicyclic) bond motifs is 1. The van der Waals surface area contributed by atoms with Crippen LogP contribution in [0.15, 0.2) is 30.3 Å². The normalized spacial score (nSPS) is 24.3. The van der Waals surface area contributed by atoms with Gasteiger partial charge in [0.2, 0.25) is 5.91 Å². The first kappa shape index (κ1) is 23.1. The van der Waals surface area contributed by atoms with Crippen molar-refractivity contribution >= 4 is 44.3 Å². The Hall–Kier alpha value is -2.04. The van der Waals surface area contributed by atoms with E-state index in [9.17, 15) is 18.0 Å². The molecular formula is C22H30N4O4S2. The Balaban J connectivity index is 1.49. The molecule has 2 aliphatic heterocycles. The van der Waals surface area contributed by atoms with Crippen LogP contribution in [0.25, 0.3) is 10.9 Å². The van der Waals surface area contributed by atoms with Gasteiger partial charge >= 0.3 is 0 Å². The molecule has 2 N–H and O–H groups in total. The SMILES string of the molecule is CCn1c(C(=O)NC2CS(=O)(=O)CC2NC(=O)C(C)N2CCSCC2)cc2ccccc21. The number of thioether (sulfide) groups is 1. The van der Waals surface area contributed by atoms with Crippen LogP contribution in [-0.2, 0) is 21.2 Å². The first-order valence-electron chi connectivity index (χ1n) is 11.0. The lowest BCUT2D eigenvalue weighted by Gasteiger charge is -2.32. The van der Waals surface area contributed by atoms with Gasteiger partial charge in [-0.3, -0.25) is 14.5 Å². The molecule has 1 aromatic carbocycles. The summed E-state index contributed by atoms with van der Waals surface area (Å²) in [6, 6.07) is 7.93. The molecule has 32 heavy (non-hydrogen) atoms. The van der Waals surface area contributed by atoms with Crippen molar-refractivity contribution in [1.82, 2.24) is 20.1 Å². The second-order valence-corrected chi connectivity index (χ2v) is 11.8. The zero-order valence-electron chi connectivity index (χ0n) is 18.4. The van der Waals surface area contributed by atoms with E-state index in [1.807, 2.05) is 60.5 Å². The van der Waals surface area contributed by atoms with Gasteiger partial charge in [-0.25, -0.2) is 8.42 Å². The van der Waals surface area contributed by atoms with Crippen LogP contribution in [0.3, 0.4) is 0 Å². The van der Waals surface area contributed by atoms with Crippen LogP contribution in [0.2, 0.25) is 0 Å². The molecule has 3 heterocycles. The molecule has 4 rings (SSSR count). The molecule has 174 valence electrons. The van der Waals surface area contributed by atoms with Gasteiger partial charge in [0.1, 0.15) is 5.69 Å². The number of benzene rings is 1. The smallest absolute Gasteiger partial charge is 0.268 e. The van der Waals surface area contributed by atoms with Crippen LogP contribution in [0, 0.1) is 0 Å². The van der Waals surface area contributed by atoms with E-state index < -0.39 is 21.9 Å². The highest BCUT2D eigenvalue weighted by Crippen LogP contribution is 2.21. The third-order valence-corrected chi connectivity index (χ3v) is 9.01. The average molecular weight is 479 g/mol. The topological polar surface area (TPSA) is 101 Å². The number of aromatic nitrogens is 1. The van der Waals surface area contributed by atoms with Gasteiger partial charge in [-0.05, 0) is 26.0 Å². The Morgan fingerprint density at radius 1 is 1.12 bits per heavy atom. The summed E-state index contributed by atoms with van der Waals surface area (Å²) >= 11 is 1.87. The number of amides is 2. The fourth-order valence-corrected chi connectivity index (χ4v) is 7.34. The lowest BCUT2D eigenvalue weighted by molar-refractivity contribution is -0.126. The summed E-state index contributed by atoms with van der Waals surface area (Å²) in [4.78, 5) is 28.1. The van der Waals surface area contributed by atoms with Crippen molar-refractivity contribution in [3.8, 4) is 0 Å². The minimum absolute atomic E-state index is 0.164. The van der Waals surface area contributed by atoms with Gasteiger partial charge in [-0.2, -0.15) is 11.8 Å². The van der Waals surface area contributed by atoms with Gasteiger partial charge in [-0.1, -0.05) is 18.2 Å². The summed E-state index contributed by atoms with van der Waals surface area (Å²) in [7, 11) is -3.36. The molecule has 2 aliphatic rings. The maximum absolute atomic E-state index is 13.1. The van der Waals surface area contributed by atoms with Crippen molar-refractivity contribution in [2.24, 2.45) is 0 Å². The maximum atomic E-state index is 13.1. The summed E-state index contributed by atoms with van der Waals surface area (Å²) in [6.07, 6.45) is 0. The number of para-hydroxylation sites is 1. The second-order valence-electron chi connectivity index (χ2n) is 8.43. The van der Waals surface area contributed by atoms with Gasteiger partial charge < -0.3 is 15.2 Å². The summed E-state index contributed by atoms with van der Waals surface area (Å²) < 4.78 is 26.6.